The Bertz CT molecular complexity index is 773. The lowest BCUT2D eigenvalue weighted by atomic mass is 10.1. The second-order valence-corrected chi connectivity index (χ2v) is 9.52. The number of hydrogen-bond acceptors (Lipinski definition) is 6. The van der Waals surface area contributed by atoms with E-state index in [1.807, 2.05) is 0 Å². The minimum absolute atomic E-state index is 0.0723. The average Bonchev–Trinajstić information content (AvgIpc) is 2.82. The second kappa shape index (κ2) is 5.75. The van der Waals surface area contributed by atoms with Gasteiger partial charge in [-0.15, -0.1) is 11.3 Å². The fourth-order valence-electron chi connectivity index (χ4n) is 2.33. The molecule has 0 saturated carbocycles. The van der Waals surface area contributed by atoms with Gasteiger partial charge < -0.3 is 0 Å². The second-order valence-electron chi connectivity index (χ2n) is 5.06. The first-order valence-electron chi connectivity index (χ1n) is 6.43. The third-order valence-electron chi connectivity index (χ3n) is 3.33. The standard InChI is InChI=1S/C13H14BrN3O2S2/c1-21(18,19)13-15-6-9-7-17(5-4-11(9)16-13)8-10-2-3-12(14)20-10/h2-3,6H,4-5,7-8H2,1H3. The van der Waals surface area contributed by atoms with Gasteiger partial charge in [-0.25, -0.2) is 18.4 Å². The lowest BCUT2D eigenvalue weighted by molar-refractivity contribution is 0.244. The van der Waals surface area contributed by atoms with Crippen molar-refractivity contribution in [2.75, 3.05) is 12.8 Å². The number of aromatic nitrogens is 2. The molecule has 0 aliphatic carbocycles. The Kier molecular flexibility index (Phi) is 4.13. The molecule has 2 aromatic heterocycles. The van der Waals surface area contributed by atoms with Gasteiger partial charge >= 0.3 is 0 Å². The first-order chi connectivity index (χ1) is 9.91. The maximum Gasteiger partial charge on any atom is 0.246 e. The molecule has 5 nitrogen and oxygen atoms in total. The third-order valence-corrected chi connectivity index (χ3v) is 5.80. The lowest BCUT2D eigenvalue weighted by Gasteiger charge is -2.27. The Labute approximate surface area is 136 Å². The molecule has 8 heteroatoms. The van der Waals surface area contributed by atoms with Crippen LogP contribution in [0.4, 0.5) is 0 Å². The molecular formula is C13H14BrN3O2S2. The van der Waals surface area contributed by atoms with Crippen LogP contribution >= 0.6 is 27.3 Å². The van der Waals surface area contributed by atoms with Crippen LogP contribution in [-0.2, 0) is 29.3 Å². The van der Waals surface area contributed by atoms with E-state index in [9.17, 15) is 8.42 Å². The van der Waals surface area contributed by atoms with Crippen molar-refractivity contribution in [2.24, 2.45) is 0 Å². The Balaban J connectivity index is 1.77. The minimum Gasteiger partial charge on any atom is -0.293 e. The number of fused-ring (bicyclic) bond motifs is 1. The number of hydrogen-bond donors (Lipinski definition) is 0. The summed E-state index contributed by atoms with van der Waals surface area (Å²) in [5.41, 5.74) is 1.87. The van der Waals surface area contributed by atoms with E-state index < -0.39 is 9.84 Å². The van der Waals surface area contributed by atoms with Gasteiger partial charge in [-0.05, 0) is 28.1 Å². The molecule has 1 aliphatic rings. The third kappa shape index (κ3) is 3.50. The Morgan fingerprint density at radius 3 is 2.90 bits per heavy atom. The van der Waals surface area contributed by atoms with Crippen molar-refractivity contribution in [3.8, 4) is 0 Å². The summed E-state index contributed by atoms with van der Waals surface area (Å²) in [6.07, 6.45) is 3.54. The number of rotatable bonds is 3. The van der Waals surface area contributed by atoms with Crippen LogP contribution in [0.1, 0.15) is 16.1 Å². The molecule has 0 radical (unpaired) electrons. The number of halogens is 1. The summed E-state index contributed by atoms with van der Waals surface area (Å²) in [5.74, 6) is 0. The molecule has 3 rings (SSSR count). The smallest absolute Gasteiger partial charge is 0.246 e. The maximum absolute atomic E-state index is 11.5. The molecule has 0 amide bonds. The number of nitrogens with zero attached hydrogens (tertiary/aromatic N) is 3. The van der Waals surface area contributed by atoms with E-state index in [2.05, 4.69) is 42.9 Å². The Morgan fingerprint density at radius 2 is 2.24 bits per heavy atom. The zero-order chi connectivity index (χ0) is 15.0. The van der Waals surface area contributed by atoms with Crippen LogP contribution in [0.15, 0.2) is 27.3 Å². The van der Waals surface area contributed by atoms with Crippen LogP contribution in [0, 0.1) is 0 Å². The van der Waals surface area contributed by atoms with Crippen LogP contribution in [0.2, 0.25) is 0 Å². The molecular weight excluding hydrogens is 374 g/mol. The monoisotopic (exact) mass is 387 g/mol. The summed E-state index contributed by atoms with van der Waals surface area (Å²) in [7, 11) is -3.33. The zero-order valence-electron chi connectivity index (χ0n) is 11.4. The van der Waals surface area contributed by atoms with Crippen LogP contribution in [0.25, 0.3) is 0 Å². The van der Waals surface area contributed by atoms with E-state index in [1.54, 1.807) is 17.5 Å². The van der Waals surface area contributed by atoms with Crippen LogP contribution < -0.4 is 0 Å². The molecule has 0 N–H and O–H groups in total. The van der Waals surface area contributed by atoms with Gasteiger partial charge in [0, 0.05) is 48.9 Å². The molecule has 21 heavy (non-hydrogen) atoms. The average molecular weight is 388 g/mol. The Hall–Kier alpha value is -0.830. The van der Waals surface area contributed by atoms with Crippen molar-refractivity contribution in [3.63, 3.8) is 0 Å². The highest BCUT2D eigenvalue weighted by molar-refractivity contribution is 9.11. The largest absolute Gasteiger partial charge is 0.293 e. The normalized spacial score (nSPS) is 15.9. The van der Waals surface area contributed by atoms with Crippen LogP contribution in [0.3, 0.4) is 0 Å². The molecule has 0 spiro atoms. The molecule has 0 atom stereocenters. The maximum atomic E-state index is 11.5. The van der Waals surface area contributed by atoms with Crippen molar-refractivity contribution in [3.05, 3.63) is 38.3 Å². The van der Waals surface area contributed by atoms with Crippen molar-refractivity contribution in [2.45, 2.75) is 24.7 Å². The predicted molar refractivity (Wildman–Crippen MR) is 85.0 cm³/mol. The van der Waals surface area contributed by atoms with Gasteiger partial charge in [-0.1, -0.05) is 0 Å². The highest BCUT2D eigenvalue weighted by Gasteiger charge is 2.21. The fraction of sp³-hybridized carbons (Fsp3) is 0.385. The molecule has 0 saturated heterocycles. The molecule has 112 valence electrons. The SMILES string of the molecule is CS(=O)(=O)c1ncc2c(n1)CCN(Cc1ccc(Br)s1)C2. The molecule has 0 bridgehead atoms. The van der Waals surface area contributed by atoms with Crippen molar-refractivity contribution >= 4 is 37.1 Å². The van der Waals surface area contributed by atoms with E-state index in [0.717, 1.165) is 47.4 Å². The molecule has 0 aromatic carbocycles. The molecule has 2 aromatic rings. The number of thiophene rings is 1. The summed E-state index contributed by atoms with van der Waals surface area (Å²) in [6.45, 7) is 2.53. The summed E-state index contributed by atoms with van der Waals surface area (Å²) < 4.78 is 24.1. The summed E-state index contributed by atoms with van der Waals surface area (Å²) in [4.78, 5) is 11.8. The van der Waals surface area contributed by atoms with E-state index in [0.29, 0.717) is 0 Å². The quantitative estimate of drug-likeness (QED) is 0.755. The van der Waals surface area contributed by atoms with Gasteiger partial charge in [0.1, 0.15) is 0 Å². The first kappa shape index (κ1) is 15.1. The predicted octanol–water partition coefficient (Wildman–Crippen LogP) is 2.26. The van der Waals surface area contributed by atoms with Crippen molar-refractivity contribution < 1.29 is 8.42 Å². The van der Waals surface area contributed by atoms with Crippen molar-refractivity contribution in [1.29, 1.82) is 0 Å². The summed E-state index contributed by atoms with van der Waals surface area (Å²) in [5, 5.41) is -0.0723. The minimum atomic E-state index is -3.33. The van der Waals surface area contributed by atoms with Gasteiger partial charge in [0.15, 0.2) is 0 Å². The lowest BCUT2D eigenvalue weighted by Crippen LogP contribution is -2.31. The Morgan fingerprint density at radius 1 is 1.43 bits per heavy atom. The molecule has 3 heterocycles. The highest BCUT2D eigenvalue weighted by Crippen LogP contribution is 2.25. The van der Waals surface area contributed by atoms with E-state index in [1.165, 1.54) is 4.88 Å². The van der Waals surface area contributed by atoms with Crippen LogP contribution in [-0.4, -0.2) is 36.1 Å². The molecule has 0 fully saturated rings. The van der Waals surface area contributed by atoms with Gasteiger partial charge in [0.05, 0.1) is 9.48 Å². The zero-order valence-corrected chi connectivity index (χ0v) is 14.6. The van der Waals surface area contributed by atoms with Gasteiger partial charge in [-0.2, -0.15) is 0 Å². The van der Waals surface area contributed by atoms with Crippen molar-refractivity contribution in [1.82, 2.24) is 14.9 Å². The number of sulfone groups is 1. The van der Waals surface area contributed by atoms with Crippen LogP contribution in [0.5, 0.6) is 0 Å². The highest BCUT2D eigenvalue weighted by atomic mass is 79.9. The van der Waals surface area contributed by atoms with Gasteiger partial charge in [-0.3, -0.25) is 4.90 Å². The molecule has 1 aliphatic heterocycles. The molecule has 0 unspecified atom stereocenters. The topological polar surface area (TPSA) is 63.2 Å². The van der Waals surface area contributed by atoms with Gasteiger partial charge in [0.25, 0.3) is 0 Å². The van der Waals surface area contributed by atoms with E-state index in [4.69, 9.17) is 0 Å². The fourth-order valence-corrected chi connectivity index (χ4v) is 4.37. The summed E-state index contributed by atoms with van der Waals surface area (Å²) >= 11 is 5.21. The summed E-state index contributed by atoms with van der Waals surface area (Å²) in [6, 6.07) is 4.17. The van der Waals surface area contributed by atoms with Gasteiger partial charge in [0.2, 0.25) is 15.0 Å². The first-order valence-corrected chi connectivity index (χ1v) is 9.93. The van der Waals surface area contributed by atoms with E-state index in [-0.39, 0.29) is 5.16 Å². The van der Waals surface area contributed by atoms with E-state index >= 15 is 0 Å².